The molecule has 1 N–H and O–H groups in total. The number of Topliss-reactive ketones (excluding diaryl/α,β-unsaturated/α-hetero) is 1. The lowest BCUT2D eigenvalue weighted by Crippen LogP contribution is -2.29. The zero-order valence-corrected chi connectivity index (χ0v) is 21.1. The highest BCUT2D eigenvalue weighted by Crippen LogP contribution is 2.48. The van der Waals surface area contributed by atoms with Gasteiger partial charge in [-0.3, -0.25) is 19.5 Å². The summed E-state index contributed by atoms with van der Waals surface area (Å²) in [5.41, 5.74) is 1.52. The van der Waals surface area contributed by atoms with Gasteiger partial charge in [-0.15, -0.1) is 0 Å². The maximum atomic E-state index is 13.3. The zero-order chi connectivity index (χ0) is 25.4. The van der Waals surface area contributed by atoms with Gasteiger partial charge < -0.3 is 14.6 Å². The summed E-state index contributed by atoms with van der Waals surface area (Å²) in [6.45, 7) is 1.82. The number of aryl methyl sites for hydroxylation is 1. The average molecular weight is 534 g/mol. The molecule has 1 atom stereocenters. The molecule has 1 aliphatic heterocycles. The molecule has 2 aromatic carbocycles. The Hall–Kier alpha value is -3.26. The van der Waals surface area contributed by atoms with E-state index in [0.29, 0.717) is 16.3 Å². The SMILES string of the molecule is COc1c(Cl)cc(/C(O)=C2\C(=O)C(=O)N(c3ccc(C)c(Cl)c3)C2c2cccnc2)c(OC)c1Cl. The van der Waals surface area contributed by atoms with Crippen molar-refractivity contribution >= 4 is 57.9 Å². The van der Waals surface area contributed by atoms with Crippen molar-refractivity contribution in [3.8, 4) is 11.5 Å². The number of pyridine rings is 1. The second-order valence-electron chi connectivity index (χ2n) is 7.68. The molecule has 0 aliphatic carbocycles. The van der Waals surface area contributed by atoms with E-state index in [2.05, 4.69) is 4.98 Å². The van der Waals surface area contributed by atoms with E-state index in [1.165, 1.54) is 31.4 Å². The molecule has 0 saturated carbocycles. The number of hydrogen-bond acceptors (Lipinski definition) is 6. The molecular formula is C25H19Cl3N2O5. The van der Waals surface area contributed by atoms with Crippen molar-refractivity contribution in [1.82, 2.24) is 4.98 Å². The van der Waals surface area contributed by atoms with E-state index >= 15 is 0 Å². The van der Waals surface area contributed by atoms with Gasteiger partial charge in [0.05, 0.1) is 36.4 Å². The van der Waals surface area contributed by atoms with Crippen molar-refractivity contribution in [3.05, 3.63) is 86.1 Å². The lowest BCUT2D eigenvalue weighted by atomic mass is 9.95. The second kappa shape index (κ2) is 9.77. The van der Waals surface area contributed by atoms with E-state index in [4.69, 9.17) is 44.3 Å². The molecule has 0 radical (unpaired) electrons. The van der Waals surface area contributed by atoms with Gasteiger partial charge in [-0.25, -0.2) is 0 Å². The van der Waals surface area contributed by atoms with E-state index in [1.807, 2.05) is 6.92 Å². The van der Waals surface area contributed by atoms with Crippen molar-refractivity contribution in [1.29, 1.82) is 0 Å². The van der Waals surface area contributed by atoms with E-state index in [9.17, 15) is 14.7 Å². The molecule has 1 saturated heterocycles. The summed E-state index contributed by atoms with van der Waals surface area (Å²) in [6.07, 6.45) is 3.07. The van der Waals surface area contributed by atoms with E-state index < -0.39 is 23.5 Å². The number of benzene rings is 2. The van der Waals surface area contributed by atoms with Gasteiger partial charge in [-0.1, -0.05) is 46.9 Å². The molecule has 1 fully saturated rings. The van der Waals surface area contributed by atoms with Gasteiger partial charge in [0.15, 0.2) is 11.5 Å². The fraction of sp³-hybridized carbons (Fsp3) is 0.160. The number of ketones is 1. The monoisotopic (exact) mass is 532 g/mol. The topological polar surface area (TPSA) is 89.0 Å². The number of halogens is 3. The summed E-state index contributed by atoms with van der Waals surface area (Å²) in [7, 11) is 2.73. The van der Waals surface area contributed by atoms with Crippen LogP contribution in [0.25, 0.3) is 5.76 Å². The van der Waals surface area contributed by atoms with Crippen molar-refractivity contribution in [2.45, 2.75) is 13.0 Å². The van der Waals surface area contributed by atoms with Crippen LogP contribution in [0.4, 0.5) is 5.69 Å². The first-order valence-corrected chi connectivity index (χ1v) is 11.4. The van der Waals surface area contributed by atoms with Crippen molar-refractivity contribution in [2.75, 3.05) is 19.1 Å². The highest BCUT2D eigenvalue weighted by Gasteiger charge is 2.47. The van der Waals surface area contributed by atoms with Crippen LogP contribution >= 0.6 is 34.8 Å². The molecule has 1 aromatic heterocycles. The van der Waals surface area contributed by atoms with Crippen LogP contribution in [0.1, 0.15) is 22.7 Å². The minimum absolute atomic E-state index is 0.00141. The first kappa shape index (κ1) is 24.9. The lowest BCUT2D eigenvalue weighted by Gasteiger charge is -2.25. The number of anilines is 1. The molecule has 10 heteroatoms. The van der Waals surface area contributed by atoms with Crippen LogP contribution in [-0.2, 0) is 9.59 Å². The molecule has 35 heavy (non-hydrogen) atoms. The van der Waals surface area contributed by atoms with Crippen LogP contribution in [0, 0.1) is 6.92 Å². The Bertz CT molecular complexity index is 1380. The number of ether oxygens (including phenoxy) is 2. The van der Waals surface area contributed by atoms with Crippen LogP contribution in [0.3, 0.4) is 0 Å². The minimum Gasteiger partial charge on any atom is -0.507 e. The number of rotatable bonds is 5. The Morgan fingerprint density at radius 1 is 1.03 bits per heavy atom. The molecule has 1 unspecified atom stereocenters. The molecule has 0 spiro atoms. The average Bonchev–Trinajstić information content (AvgIpc) is 3.11. The number of aliphatic hydroxyl groups is 1. The van der Waals surface area contributed by atoms with Crippen molar-refractivity contribution in [2.24, 2.45) is 0 Å². The van der Waals surface area contributed by atoms with Crippen LogP contribution in [0.15, 0.2) is 54.4 Å². The van der Waals surface area contributed by atoms with Crippen molar-refractivity contribution < 1.29 is 24.2 Å². The molecule has 180 valence electrons. The lowest BCUT2D eigenvalue weighted by molar-refractivity contribution is -0.132. The number of nitrogens with zero attached hydrogens (tertiary/aromatic N) is 2. The summed E-state index contributed by atoms with van der Waals surface area (Å²) in [5, 5.41) is 11.9. The maximum absolute atomic E-state index is 13.3. The summed E-state index contributed by atoms with van der Waals surface area (Å²) in [6, 6.07) is 8.72. The summed E-state index contributed by atoms with van der Waals surface area (Å²) < 4.78 is 10.6. The fourth-order valence-electron chi connectivity index (χ4n) is 3.98. The van der Waals surface area contributed by atoms with Gasteiger partial charge in [0, 0.05) is 23.1 Å². The van der Waals surface area contributed by atoms with Gasteiger partial charge >= 0.3 is 0 Å². The molecule has 1 aliphatic rings. The van der Waals surface area contributed by atoms with Crippen LogP contribution in [0.5, 0.6) is 11.5 Å². The quantitative estimate of drug-likeness (QED) is 0.246. The maximum Gasteiger partial charge on any atom is 0.300 e. The molecule has 4 rings (SSSR count). The highest BCUT2D eigenvalue weighted by atomic mass is 35.5. The van der Waals surface area contributed by atoms with Crippen molar-refractivity contribution in [3.63, 3.8) is 0 Å². The third kappa shape index (κ3) is 4.20. The molecular weight excluding hydrogens is 515 g/mol. The molecule has 1 amide bonds. The number of methoxy groups -OCH3 is 2. The van der Waals surface area contributed by atoms with Crippen LogP contribution in [-0.4, -0.2) is 36.0 Å². The Morgan fingerprint density at radius 3 is 2.34 bits per heavy atom. The Kier molecular flexibility index (Phi) is 6.94. The zero-order valence-electron chi connectivity index (χ0n) is 18.8. The number of aromatic nitrogens is 1. The van der Waals surface area contributed by atoms with Crippen LogP contribution in [0.2, 0.25) is 15.1 Å². The molecule has 2 heterocycles. The Morgan fingerprint density at radius 2 is 1.74 bits per heavy atom. The fourth-order valence-corrected chi connectivity index (χ4v) is 4.84. The van der Waals surface area contributed by atoms with Gasteiger partial charge in [0.25, 0.3) is 11.7 Å². The summed E-state index contributed by atoms with van der Waals surface area (Å²) >= 11 is 19.0. The standard InChI is InChI=1S/C25H19Cl3N2O5/c1-12-6-7-14(9-16(12)26)30-20(13-5-4-8-29-11-13)18(22(32)25(30)33)21(31)15-10-17(27)24(35-3)19(28)23(15)34-2/h4-11,20,31H,1-3H3/b21-18+. The van der Waals surface area contributed by atoms with Gasteiger partial charge in [-0.2, -0.15) is 0 Å². The predicted molar refractivity (Wildman–Crippen MR) is 135 cm³/mol. The number of carbonyl (C=O) groups is 2. The number of carbonyl (C=O) groups excluding carboxylic acids is 2. The Labute approximate surface area is 216 Å². The highest BCUT2D eigenvalue weighted by molar-refractivity contribution is 6.52. The predicted octanol–water partition coefficient (Wildman–Crippen LogP) is 5.99. The van der Waals surface area contributed by atoms with E-state index in [0.717, 1.165) is 5.56 Å². The Balaban J connectivity index is 2.01. The van der Waals surface area contributed by atoms with Crippen LogP contribution < -0.4 is 14.4 Å². The van der Waals surface area contributed by atoms with Gasteiger partial charge in [0.1, 0.15) is 10.8 Å². The number of hydrogen-bond donors (Lipinski definition) is 1. The number of aliphatic hydroxyl groups excluding tert-OH is 1. The summed E-state index contributed by atoms with van der Waals surface area (Å²) in [4.78, 5) is 32.0. The first-order chi connectivity index (χ1) is 16.7. The normalized spacial score (nSPS) is 17.1. The second-order valence-corrected chi connectivity index (χ2v) is 8.87. The van der Waals surface area contributed by atoms with Gasteiger partial charge in [0.2, 0.25) is 0 Å². The largest absolute Gasteiger partial charge is 0.507 e. The van der Waals surface area contributed by atoms with E-state index in [1.54, 1.807) is 36.5 Å². The minimum atomic E-state index is -1.01. The molecule has 7 nitrogen and oxygen atoms in total. The molecule has 0 bridgehead atoms. The van der Waals surface area contributed by atoms with Gasteiger partial charge in [-0.05, 0) is 42.3 Å². The first-order valence-electron chi connectivity index (χ1n) is 10.3. The smallest absolute Gasteiger partial charge is 0.300 e. The third-order valence-corrected chi connectivity index (χ3v) is 6.70. The molecule has 3 aromatic rings. The van der Waals surface area contributed by atoms with E-state index in [-0.39, 0.29) is 32.7 Å². The third-order valence-electron chi connectivity index (χ3n) is 5.67. The number of amides is 1. The summed E-state index contributed by atoms with van der Waals surface area (Å²) in [5.74, 6) is -2.09.